The van der Waals surface area contributed by atoms with E-state index in [2.05, 4.69) is 15.3 Å². The molecule has 0 aliphatic heterocycles. The van der Waals surface area contributed by atoms with Crippen LogP contribution in [0.25, 0.3) is 22.6 Å². The van der Waals surface area contributed by atoms with Gasteiger partial charge in [-0.25, -0.2) is 4.63 Å². The van der Waals surface area contributed by atoms with Crippen molar-refractivity contribution in [1.82, 2.24) is 15.3 Å². The second kappa shape index (κ2) is 3.71. The van der Waals surface area contributed by atoms with Gasteiger partial charge >= 0.3 is 0 Å². The van der Waals surface area contributed by atoms with Crippen LogP contribution in [0.15, 0.2) is 35.0 Å². The first-order valence-electron chi connectivity index (χ1n) is 6.15. The number of hydrogen-bond donors (Lipinski definition) is 2. The molecule has 1 aliphatic carbocycles. The number of aromatic nitrogens is 3. The Balaban J connectivity index is 1.94. The third-order valence-electron chi connectivity index (χ3n) is 3.54. The fourth-order valence-corrected chi connectivity index (χ4v) is 2.59. The van der Waals surface area contributed by atoms with Crippen molar-refractivity contribution in [1.29, 1.82) is 0 Å². The molecular formula is C14H11N3O2. The minimum Gasteiger partial charge on any atom is -0.505 e. The second-order valence-electron chi connectivity index (χ2n) is 4.63. The summed E-state index contributed by atoms with van der Waals surface area (Å²) in [5, 5.41) is 18.2. The van der Waals surface area contributed by atoms with E-state index in [0.717, 1.165) is 41.1 Å². The van der Waals surface area contributed by atoms with Gasteiger partial charge in [-0.3, -0.25) is 0 Å². The highest BCUT2D eigenvalue weighted by Gasteiger charge is 2.27. The summed E-state index contributed by atoms with van der Waals surface area (Å²) in [5.74, 6) is 0.301. The average Bonchev–Trinajstić information content (AvgIpc) is 3.04. The van der Waals surface area contributed by atoms with E-state index in [1.54, 1.807) is 0 Å². The zero-order chi connectivity index (χ0) is 12.8. The molecule has 2 heterocycles. The number of H-pyrrole nitrogens is 1. The first-order valence-corrected chi connectivity index (χ1v) is 6.15. The summed E-state index contributed by atoms with van der Waals surface area (Å²) in [6.45, 7) is 0. The van der Waals surface area contributed by atoms with Crippen LogP contribution in [0.5, 0.6) is 5.75 Å². The predicted octanol–water partition coefficient (Wildman–Crippen LogP) is 2.54. The highest BCUT2D eigenvalue weighted by molar-refractivity contribution is 5.78. The molecule has 2 aromatic heterocycles. The Labute approximate surface area is 108 Å². The predicted molar refractivity (Wildman–Crippen MR) is 68.6 cm³/mol. The molecule has 94 valence electrons. The molecule has 5 nitrogen and oxygen atoms in total. The van der Waals surface area contributed by atoms with E-state index in [9.17, 15) is 5.11 Å². The van der Waals surface area contributed by atoms with Crippen molar-refractivity contribution in [2.75, 3.05) is 0 Å². The van der Waals surface area contributed by atoms with Gasteiger partial charge in [0.2, 0.25) is 0 Å². The van der Waals surface area contributed by atoms with Crippen LogP contribution in [0.3, 0.4) is 0 Å². The maximum absolute atomic E-state index is 10.4. The van der Waals surface area contributed by atoms with Gasteiger partial charge in [0.25, 0.3) is 0 Å². The van der Waals surface area contributed by atoms with Gasteiger partial charge in [-0.1, -0.05) is 35.5 Å². The molecule has 0 atom stereocenters. The van der Waals surface area contributed by atoms with E-state index in [4.69, 9.17) is 4.63 Å². The first kappa shape index (κ1) is 10.4. The van der Waals surface area contributed by atoms with Crippen LogP contribution >= 0.6 is 0 Å². The lowest BCUT2D eigenvalue weighted by molar-refractivity contribution is 0.304. The lowest BCUT2D eigenvalue weighted by Gasteiger charge is -2.07. The maximum atomic E-state index is 10.4. The Morgan fingerprint density at radius 1 is 1.05 bits per heavy atom. The van der Waals surface area contributed by atoms with Crippen molar-refractivity contribution in [2.24, 2.45) is 0 Å². The molecule has 1 aromatic carbocycles. The van der Waals surface area contributed by atoms with Crippen molar-refractivity contribution in [3.8, 4) is 28.4 Å². The average molecular weight is 253 g/mol. The van der Waals surface area contributed by atoms with Gasteiger partial charge in [-0.15, -0.1) is 0 Å². The smallest absolute Gasteiger partial charge is 0.154 e. The lowest BCUT2D eigenvalue weighted by Crippen LogP contribution is -2.01. The van der Waals surface area contributed by atoms with E-state index >= 15 is 0 Å². The van der Waals surface area contributed by atoms with Crippen molar-refractivity contribution in [2.45, 2.75) is 12.8 Å². The third-order valence-corrected chi connectivity index (χ3v) is 3.54. The molecule has 0 unspecified atom stereocenters. The second-order valence-corrected chi connectivity index (χ2v) is 4.63. The largest absolute Gasteiger partial charge is 0.505 e. The third kappa shape index (κ3) is 1.41. The van der Waals surface area contributed by atoms with E-state index in [1.807, 2.05) is 30.3 Å². The lowest BCUT2D eigenvalue weighted by atomic mass is 9.97. The first-order chi connectivity index (χ1) is 9.34. The molecule has 0 fully saturated rings. The van der Waals surface area contributed by atoms with Crippen LogP contribution in [0.4, 0.5) is 0 Å². The summed E-state index contributed by atoms with van der Waals surface area (Å²) in [6.07, 6.45) is 1.48. The molecule has 0 saturated carbocycles. The number of rotatable bonds is 1. The minimum absolute atomic E-state index is 0.301. The number of aromatic amines is 1. The molecule has 0 spiro atoms. The molecule has 0 saturated heterocycles. The van der Waals surface area contributed by atoms with E-state index in [1.165, 1.54) is 0 Å². The van der Waals surface area contributed by atoms with Gasteiger partial charge in [-0.05, 0) is 18.0 Å². The number of hydrogen-bond acceptors (Lipinski definition) is 4. The molecule has 5 heteroatoms. The SMILES string of the molecule is Oc1c(-c2ccccc2)[nH]c2c1CCc1nonc1-2. The summed E-state index contributed by atoms with van der Waals surface area (Å²) < 4.78 is 4.78. The van der Waals surface area contributed by atoms with E-state index < -0.39 is 0 Å². The molecule has 3 aromatic rings. The maximum Gasteiger partial charge on any atom is 0.154 e. The zero-order valence-corrected chi connectivity index (χ0v) is 10.1. The standard InChI is InChI=1S/C14H11N3O2/c18-14-9-6-7-10-13(17-19-16-10)12(9)15-11(14)8-4-2-1-3-5-8/h1-5,15,18H,6-7H2. The van der Waals surface area contributed by atoms with Crippen LogP contribution in [0, 0.1) is 0 Å². The molecular weight excluding hydrogens is 242 g/mol. The van der Waals surface area contributed by atoms with Crippen LogP contribution in [-0.4, -0.2) is 20.4 Å². The van der Waals surface area contributed by atoms with Crippen molar-refractivity contribution in [3.63, 3.8) is 0 Å². The summed E-state index contributed by atoms with van der Waals surface area (Å²) in [6, 6.07) is 9.75. The van der Waals surface area contributed by atoms with Gasteiger partial charge < -0.3 is 10.1 Å². The zero-order valence-electron chi connectivity index (χ0n) is 10.1. The Morgan fingerprint density at radius 2 is 1.89 bits per heavy atom. The van der Waals surface area contributed by atoms with Crippen LogP contribution in [-0.2, 0) is 12.8 Å². The van der Waals surface area contributed by atoms with Crippen molar-refractivity contribution in [3.05, 3.63) is 41.6 Å². The highest BCUT2D eigenvalue weighted by atomic mass is 16.6. The van der Waals surface area contributed by atoms with Crippen LogP contribution in [0.2, 0.25) is 0 Å². The Kier molecular flexibility index (Phi) is 2.03. The van der Waals surface area contributed by atoms with Gasteiger partial charge in [0.15, 0.2) is 5.69 Å². The van der Waals surface area contributed by atoms with Crippen LogP contribution in [0.1, 0.15) is 11.3 Å². The van der Waals surface area contributed by atoms with Gasteiger partial charge in [0, 0.05) is 11.1 Å². The number of fused-ring (bicyclic) bond motifs is 3. The fraction of sp³-hybridized carbons (Fsp3) is 0.143. The fourth-order valence-electron chi connectivity index (χ4n) is 2.59. The quantitative estimate of drug-likeness (QED) is 0.698. The van der Waals surface area contributed by atoms with Gasteiger partial charge in [0.1, 0.15) is 11.4 Å². The normalized spacial score (nSPS) is 13.1. The molecule has 2 N–H and O–H groups in total. The highest BCUT2D eigenvalue weighted by Crippen LogP contribution is 2.41. The summed E-state index contributed by atoms with van der Waals surface area (Å²) in [7, 11) is 0. The van der Waals surface area contributed by atoms with Crippen molar-refractivity contribution < 1.29 is 9.74 Å². The number of nitrogens with zero attached hydrogens (tertiary/aromatic N) is 2. The van der Waals surface area contributed by atoms with Gasteiger partial charge in [0.05, 0.1) is 11.4 Å². The van der Waals surface area contributed by atoms with E-state index in [0.29, 0.717) is 11.4 Å². The number of aromatic hydroxyl groups is 1. The van der Waals surface area contributed by atoms with Crippen molar-refractivity contribution >= 4 is 0 Å². The topological polar surface area (TPSA) is 74.9 Å². The summed E-state index contributed by atoms with van der Waals surface area (Å²) in [5.41, 5.74) is 4.93. The minimum atomic E-state index is 0.301. The Hall–Kier alpha value is -2.56. The molecule has 0 bridgehead atoms. The molecule has 19 heavy (non-hydrogen) atoms. The summed E-state index contributed by atoms with van der Waals surface area (Å²) in [4.78, 5) is 3.25. The number of benzene rings is 1. The van der Waals surface area contributed by atoms with E-state index in [-0.39, 0.29) is 0 Å². The molecule has 1 aliphatic rings. The van der Waals surface area contributed by atoms with Gasteiger partial charge in [-0.2, -0.15) is 0 Å². The Morgan fingerprint density at radius 3 is 2.74 bits per heavy atom. The monoisotopic (exact) mass is 253 g/mol. The number of aryl methyl sites for hydroxylation is 1. The molecule has 0 radical (unpaired) electrons. The Bertz CT molecular complexity index is 743. The summed E-state index contributed by atoms with van der Waals surface area (Å²) >= 11 is 0. The molecule has 4 rings (SSSR count). The molecule has 0 amide bonds. The van der Waals surface area contributed by atoms with Crippen LogP contribution < -0.4 is 0 Å². The number of nitrogens with one attached hydrogen (secondary N) is 1.